The molecule has 6 heteroatoms. The number of nitrogens with one attached hydrogen (secondary N) is 1. The number of rotatable bonds is 4. The van der Waals surface area contributed by atoms with Crippen LogP contribution < -0.4 is 5.48 Å². The Kier molecular flexibility index (Phi) is 4.91. The van der Waals surface area contributed by atoms with E-state index in [1.54, 1.807) is 0 Å². The maximum absolute atomic E-state index is 11.3. The lowest BCUT2D eigenvalue weighted by molar-refractivity contribution is -0.0456. The van der Waals surface area contributed by atoms with Crippen LogP contribution in [0.4, 0.5) is 0 Å². The molecule has 1 N–H and O–H groups in total. The van der Waals surface area contributed by atoms with Crippen LogP contribution in [0.5, 0.6) is 0 Å². The third kappa shape index (κ3) is 3.21. The molecule has 3 fully saturated rings. The van der Waals surface area contributed by atoms with Crippen LogP contribution in [-0.4, -0.2) is 14.7 Å². The first-order valence-corrected chi connectivity index (χ1v) is 12.4. The summed E-state index contributed by atoms with van der Waals surface area (Å²) in [5.41, 5.74) is 5.31. The second kappa shape index (κ2) is 6.88. The molecule has 3 saturated carbocycles. The van der Waals surface area contributed by atoms with Crippen molar-refractivity contribution in [2.24, 2.45) is 34.5 Å². The summed E-state index contributed by atoms with van der Waals surface area (Å²) in [6, 6.07) is 2.44. The minimum atomic E-state index is -3.52. The van der Waals surface area contributed by atoms with Crippen molar-refractivity contribution in [1.29, 1.82) is 5.26 Å². The third-order valence-electron chi connectivity index (χ3n) is 8.66. The van der Waals surface area contributed by atoms with Crippen LogP contribution in [0.3, 0.4) is 0 Å². The summed E-state index contributed by atoms with van der Waals surface area (Å²) >= 11 is 0. The van der Waals surface area contributed by atoms with Crippen molar-refractivity contribution in [3.63, 3.8) is 0 Å². The summed E-state index contributed by atoms with van der Waals surface area (Å²) < 4.78 is 27.3. The molecule has 0 amide bonds. The molecule has 0 heterocycles. The van der Waals surface area contributed by atoms with Crippen LogP contribution >= 0.6 is 0 Å². The lowest BCUT2D eigenvalue weighted by Gasteiger charge is -2.58. The first-order chi connectivity index (χ1) is 13.2. The van der Waals surface area contributed by atoms with Crippen LogP contribution in [0.15, 0.2) is 23.4 Å². The molecule has 1 unspecified atom stereocenters. The average Bonchev–Trinajstić information content (AvgIpc) is 2.96. The minimum absolute atomic E-state index is 0.161. The van der Waals surface area contributed by atoms with Gasteiger partial charge >= 0.3 is 0 Å². The molecule has 4 aliphatic carbocycles. The van der Waals surface area contributed by atoms with E-state index in [1.165, 1.54) is 37.7 Å². The summed E-state index contributed by atoms with van der Waals surface area (Å²) in [4.78, 5) is 0. The predicted octanol–water partition coefficient (Wildman–Crippen LogP) is 4.45. The SMILES string of the molecule is C[C@]12CC=C(NOS(C)(=O)=O)C=C1CC[C@@H]1[C@H]2CC[C@]2(C)C(CC#N)CC[C@@H]12. The Bertz CT molecular complexity index is 855. The third-order valence-corrected chi connectivity index (χ3v) is 9.04. The van der Waals surface area contributed by atoms with E-state index in [9.17, 15) is 13.7 Å². The zero-order chi connectivity index (χ0) is 20.2. The van der Waals surface area contributed by atoms with Gasteiger partial charge in [0.15, 0.2) is 0 Å². The van der Waals surface area contributed by atoms with Gasteiger partial charge in [-0.1, -0.05) is 25.5 Å². The monoisotopic (exact) mass is 404 g/mol. The van der Waals surface area contributed by atoms with Gasteiger partial charge in [-0.15, -0.1) is 0 Å². The lowest BCUT2D eigenvalue weighted by atomic mass is 9.47. The summed E-state index contributed by atoms with van der Waals surface area (Å²) in [5, 5.41) is 9.26. The molecular weight excluding hydrogens is 372 g/mol. The van der Waals surface area contributed by atoms with E-state index in [1.807, 2.05) is 0 Å². The molecule has 28 heavy (non-hydrogen) atoms. The Hall–Kier alpha value is -1.32. The van der Waals surface area contributed by atoms with Gasteiger partial charge in [-0.25, -0.2) is 5.48 Å². The summed E-state index contributed by atoms with van der Waals surface area (Å²) in [6.07, 6.45) is 14.2. The Morgan fingerprint density at radius 3 is 2.75 bits per heavy atom. The van der Waals surface area contributed by atoms with Gasteiger partial charge in [-0.3, -0.25) is 0 Å². The van der Waals surface area contributed by atoms with Gasteiger partial charge in [0.25, 0.3) is 10.1 Å². The summed E-state index contributed by atoms with van der Waals surface area (Å²) in [6.45, 7) is 4.87. The first-order valence-electron chi connectivity index (χ1n) is 10.6. The van der Waals surface area contributed by atoms with Crippen LogP contribution in [0.25, 0.3) is 0 Å². The highest BCUT2D eigenvalue weighted by Gasteiger charge is 2.58. The fourth-order valence-corrected chi connectivity index (χ4v) is 7.41. The number of hydrogen-bond donors (Lipinski definition) is 1. The predicted molar refractivity (Wildman–Crippen MR) is 108 cm³/mol. The quantitative estimate of drug-likeness (QED) is 0.700. The smallest absolute Gasteiger partial charge is 0.250 e. The molecule has 0 saturated heterocycles. The molecule has 0 aliphatic heterocycles. The molecule has 0 spiro atoms. The largest absolute Gasteiger partial charge is 0.284 e. The summed E-state index contributed by atoms with van der Waals surface area (Å²) in [7, 11) is -3.52. The van der Waals surface area contributed by atoms with Gasteiger partial charge in [-0.2, -0.15) is 18.0 Å². The van der Waals surface area contributed by atoms with Crippen molar-refractivity contribution >= 4 is 10.1 Å². The molecule has 0 aromatic rings. The standard InChI is InChI=1S/C22H32N2O3S/c1-21-12-9-20-18(19(21)7-5-15(21)10-13-23)6-4-16-14-17(8-11-22(16,20)2)24-27-28(3,25)26/h8,14-15,18-20,24H,4-7,9-12H2,1-3H3/t15?,18-,19-,20+,21+,22-/m0/s1. The molecule has 0 bridgehead atoms. The van der Waals surface area contributed by atoms with Gasteiger partial charge < -0.3 is 0 Å². The zero-order valence-electron chi connectivity index (χ0n) is 17.2. The highest BCUT2D eigenvalue weighted by molar-refractivity contribution is 7.85. The molecular formula is C22H32N2O3S. The number of fused-ring (bicyclic) bond motifs is 5. The van der Waals surface area contributed by atoms with E-state index >= 15 is 0 Å². The van der Waals surface area contributed by atoms with Gasteiger partial charge in [0.05, 0.1) is 18.0 Å². The van der Waals surface area contributed by atoms with Crippen molar-refractivity contribution in [3.8, 4) is 6.07 Å². The molecule has 0 aromatic heterocycles. The van der Waals surface area contributed by atoms with Gasteiger partial charge in [0, 0.05) is 6.42 Å². The second-order valence-corrected chi connectivity index (χ2v) is 11.5. The van der Waals surface area contributed by atoms with Crippen molar-refractivity contribution < 1.29 is 12.7 Å². The van der Waals surface area contributed by atoms with Crippen LogP contribution in [0, 0.1) is 45.8 Å². The average molecular weight is 405 g/mol. The molecule has 4 aliphatic rings. The van der Waals surface area contributed by atoms with Crippen molar-refractivity contribution in [1.82, 2.24) is 5.48 Å². The van der Waals surface area contributed by atoms with Crippen molar-refractivity contribution in [2.45, 2.75) is 65.2 Å². The van der Waals surface area contributed by atoms with E-state index in [4.69, 9.17) is 4.28 Å². The molecule has 4 rings (SSSR count). The van der Waals surface area contributed by atoms with Gasteiger partial charge in [0.2, 0.25) is 0 Å². The van der Waals surface area contributed by atoms with E-state index in [-0.39, 0.29) is 5.41 Å². The zero-order valence-corrected chi connectivity index (χ0v) is 18.0. The van der Waals surface area contributed by atoms with Crippen molar-refractivity contribution in [3.05, 3.63) is 23.4 Å². The molecule has 0 radical (unpaired) electrons. The van der Waals surface area contributed by atoms with Crippen LogP contribution in [0.1, 0.15) is 65.2 Å². The number of hydroxylamine groups is 1. The second-order valence-electron chi connectivity index (χ2n) is 9.94. The van der Waals surface area contributed by atoms with Crippen LogP contribution in [-0.2, 0) is 14.4 Å². The van der Waals surface area contributed by atoms with E-state index < -0.39 is 10.1 Å². The Labute approximate surface area is 169 Å². The molecule has 0 aromatic carbocycles. The number of hydrogen-bond acceptors (Lipinski definition) is 5. The number of nitrogens with zero attached hydrogens (tertiary/aromatic N) is 1. The minimum Gasteiger partial charge on any atom is -0.250 e. The maximum Gasteiger partial charge on any atom is 0.284 e. The number of nitriles is 1. The topological polar surface area (TPSA) is 79.2 Å². The van der Waals surface area contributed by atoms with E-state index in [0.717, 1.165) is 36.6 Å². The Balaban J connectivity index is 1.53. The maximum atomic E-state index is 11.3. The number of allylic oxidation sites excluding steroid dienone is 3. The molecule has 154 valence electrons. The fraction of sp³-hybridized carbons (Fsp3) is 0.773. The van der Waals surface area contributed by atoms with Gasteiger partial charge in [0.1, 0.15) is 0 Å². The van der Waals surface area contributed by atoms with Crippen molar-refractivity contribution in [2.75, 3.05) is 6.26 Å². The summed E-state index contributed by atoms with van der Waals surface area (Å²) in [5.74, 6) is 2.75. The molecule has 6 atom stereocenters. The normalized spacial score (nSPS) is 42.4. The Morgan fingerprint density at radius 1 is 1.25 bits per heavy atom. The first kappa shape index (κ1) is 20.0. The van der Waals surface area contributed by atoms with E-state index in [2.05, 4.69) is 37.5 Å². The fourth-order valence-electron chi connectivity index (χ4n) is 7.16. The Morgan fingerprint density at radius 2 is 2.04 bits per heavy atom. The van der Waals surface area contributed by atoms with E-state index in [0.29, 0.717) is 23.7 Å². The lowest BCUT2D eigenvalue weighted by Crippen LogP contribution is -2.50. The highest BCUT2D eigenvalue weighted by atomic mass is 32.2. The van der Waals surface area contributed by atoms with Crippen LogP contribution in [0.2, 0.25) is 0 Å². The van der Waals surface area contributed by atoms with Gasteiger partial charge in [-0.05, 0) is 85.5 Å². The highest BCUT2D eigenvalue weighted by Crippen LogP contribution is 2.66. The molecule has 5 nitrogen and oxygen atoms in total.